The van der Waals surface area contributed by atoms with E-state index in [1.165, 1.54) is 0 Å². The normalized spacial score (nSPS) is 34.7. The van der Waals surface area contributed by atoms with E-state index in [0.717, 1.165) is 19.3 Å². The quantitative estimate of drug-likeness (QED) is 0.442. The number of hydrogen-bond acceptors (Lipinski definition) is 6. The van der Waals surface area contributed by atoms with E-state index < -0.39 is 34.2 Å². The molecule has 0 aromatic carbocycles. The number of esters is 1. The summed E-state index contributed by atoms with van der Waals surface area (Å²) in [5.41, 5.74) is -0.441. The molecule has 36 heavy (non-hydrogen) atoms. The maximum Gasteiger partial charge on any atom is 0.311 e. The van der Waals surface area contributed by atoms with Crippen LogP contribution in [-0.2, 0) is 19.1 Å². The Morgan fingerprint density at radius 1 is 1.17 bits per heavy atom. The monoisotopic (exact) mass is 518 g/mol. The lowest BCUT2D eigenvalue weighted by atomic mass is 9.78. The van der Waals surface area contributed by atoms with Crippen LogP contribution in [0.5, 0.6) is 0 Å². The SMILES string of the molecule is CC[C@@H](CO)N1C(=O)[C@@H]2[C@H]3C(=O)OCCC/C=C\[C@H]3S[C@@]23C=CCN(C(C)(C)CC(C)(C)C)C(=O)C13. The fourth-order valence-corrected chi connectivity index (χ4v) is 8.93. The molecule has 200 valence electrons. The number of carbonyl (C=O) groups is 3. The highest BCUT2D eigenvalue weighted by atomic mass is 32.2. The number of cyclic esters (lactones) is 1. The van der Waals surface area contributed by atoms with E-state index in [0.29, 0.717) is 19.6 Å². The second-order valence-electron chi connectivity index (χ2n) is 12.5. The van der Waals surface area contributed by atoms with Crippen LogP contribution in [0.2, 0.25) is 0 Å². The van der Waals surface area contributed by atoms with Gasteiger partial charge >= 0.3 is 5.97 Å². The number of fused-ring (bicyclic) bond motifs is 2. The number of aliphatic hydroxyl groups excluding tert-OH is 1. The minimum Gasteiger partial charge on any atom is -0.465 e. The van der Waals surface area contributed by atoms with Crippen LogP contribution >= 0.6 is 11.8 Å². The lowest BCUT2D eigenvalue weighted by Crippen LogP contribution is -2.60. The van der Waals surface area contributed by atoms with Crippen LogP contribution in [0.15, 0.2) is 24.3 Å². The van der Waals surface area contributed by atoms with Gasteiger partial charge in [0.05, 0.1) is 35.8 Å². The molecule has 2 fully saturated rings. The minimum absolute atomic E-state index is 0.00285. The molecule has 0 aliphatic carbocycles. The molecule has 0 radical (unpaired) electrons. The second kappa shape index (κ2) is 9.82. The summed E-state index contributed by atoms with van der Waals surface area (Å²) < 4.78 is 4.73. The molecule has 2 amide bonds. The van der Waals surface area contributed by atoms with E-state index >= 15 is 0 Å². The number of amides is 2. The first-order valence-electron chi connectivity index (χ1n) is 13.3. The highest BCUT2D eigenvalue weighted by molar-refractivity contribution is 8.02. The summed E-state index contributed by atoms with van der Waals surface area (Å²) >= 11 is 1.55. The van der Waals surface area contributed by atoms with Crippen molar-refractivity contribution in [1.82, 2.24) is 9.80 Å². The van der Waals surface area contributed by atoms with Gasteiger partial charge in [0.15, 0.2) is 0 Å². The number of likely N-dealkylation sites (tertiary alicyclic amines) is 1. The van der Waals surface area contributed by atoms with Crippen molar-refractivity contribution < 1.29 is 24.2 Å². The molecule has 0 aromatic rings. The van der Waals surface area contributed by atoms with Gasteiger partial charge in [-0.1, -0.05) is 52.0 Å². The summed E-state index contributed by atoms with van der Waals surface area (Å²) in [6.07, 6.45) is 11.0. The smallest absolute Gasteiger partial charge is 0.311 e. The van der Waals surface area contributed by atoms with Gasteiger partial charge in [-0.2, -0.15) is 0 Å². The van der Waals surface area contributed by atoms with Crippen molar-refractivity contribution in [3.63, 3.8) is 0 Å². The fraction of sp³-hybridized carbons (Fsp3) is 0.750. The zero-order valence-corrected chi connectivity index (χ0v) is 23.3. The van der Waals surface area contributed by atoms with Gasteiger partial charge in [0.2, 0.25) is 11.8 Å². The van der Waals surface area contributed by atoms with Crippen molar-refractivity contribution in [1.29, 1.82) is 0 Å². The van der Waals surface area contributed by atoms with Crippen LogP contribution in [0.4, 0.5) is 0 Å². The number of rotatable bonds is 5. The fourth-order valence-electron chi connectivity index (χ4n) is 6.94. The second-order valence-corrected chi connectivity index (χ2v) is 14.0. The zero-order valence-electron chi connectivity index (χ0n) is 22.5. The summed E-state index contributed by atoms with van der Waals surface area (Å²) in [4.78, 5) is 45.6. The number of ether oxygens (including phenoxy) is 1. The van der Waals surface area contributed by atoms with Gasteiger partial charge in [-0.3, -0.25) is 14.4 Å². The first kappa shape index (κ1) is 27.2. The van der Waals surface area contributed by atoms with Crippen molar-refractivity contribution in [3.8, 4) is 0 Å². The average molecular weight is 519 g/mol. The Bertz CT molecular complexity index is 950. The Hall–Kier alpha value is -1.80. The molecule has 7 nitrogen and oxygen atoms in total. The molecule has 4 rings (SSSR count). The summed E-state index contributed by atoms with van der Waals surface area (Å²) in [5.74, 6) is -2.05. The van der Waals surface area contributed by atoms with Crippen molar-refractivity contribution in [2.45, 2.75) is 94.8 Å². The first-order chi connectivity index (χ1) is 16.9. The molecule has 1 unspecified atom stereocenters. The van der Waals surface area contributed by atoms with Gasteiger partial charge in [-0.15, -0.1) is 11.8 Å². The van der Waals surface area contributed by atoms with Gasteiger partial charge in [-0.05, 0) is 44.9 Å². The third-order valence-electron chi connectivity index (χ3n) is 8.06. The van der Waals surface area contributed by atoms with Gasteiger partial charge < -0.3 is 19.6 Å². The van der Waals surface area contributed by atoms with Crippen LogP contribution in [0.25, 0.3) is 0 Å². The maximum absolute atomic E-state index is 14.5. The topological polar surface area (TPSA) is 87.2 Å². The summed E-state index contributed by atoms with van der Waals surface area (Å²) in [6.45, 7) is 13.1. The van der Waals surface area contributed by atoms with E-state index in [2.05, 4.69) is 40.7 Å². The molecular formula is C28H42N2O5S. The lowest BCUT2D eigenvalue weighted by molar-refractivity contribution is -0.154. The Kier molecular flexibility index (Phi) is 7.43. The predicted molar refractivity (Wildman–Crippen MR) is 141 cm³/mol. The lowest BCUT2D eigenvalue weighted by Gasteiger charge is -2.45. The van der Waals surface area contributed by atoms with Gasteiger partial charge in [0.1, 0.15) is 6.04 Å². The first-order valence-corrected chi connectivity index (χ1v) is 14.2. The highest BCUT2D eigenvalue weighted by Gasteiger charge is 2.72. The summed E-state index contributed by atoms with van der Waals surface area (Å²) in [7, 11) is 0. The van der Waals surface area contributed by atoms with Crippen LogP contribution in [-0.4, -0.2) is 80.1 Å². The number of thioether (sulfide) groups is 1. The standard InChI is InChI=1S/C28H42N2O5S/c1-7-18(16-31)30-22-24(33)29(27(5,6)17-26(2,3)4)14-11-13-28(22)21(23(30)32)20-19(36-28)12-9-8-10-15-35-25(20)34/h9,11-13,18-22,31H,7-8,10,14-17H2,1-6H3/b12-9-/t18-,19+,20-,21-,22?,28-/m0/s1. The molecule has 0 bridgehead atoms. The number of carbonyl (C=O) groups excluding carboxylic acids is 3. The Morgan fingerprint density at radius 3 is 2.53 bits per heavy atom. The van der Waals surface area contributed by atoms with Gasteiger partial charge in [0.25, 0.3) is 0 Å². The Balaban J connectivity index is 1.84. The van der Waals surface area contributed by atoms with Crippen molar-refractivity contribution in [3.05, 3.63) is 24.3 Å². The van der Waals surface area contributed by atoms with E-state index in [4.69, 9.17) is 4.74 Å². The van der Waals surface area contributed by atoms with E-state index in [9.17, 15) is 19.5 Å². The van der Waals surface area contributed by atoms with E-state index in [1.807, 2.05) is 30.1 Å². The molecule has 0 saturated carbocycles. The van der Waals surface area contributed by atoms with E-state index in [-0.39, 0.29) is 35.1 Å². The van der Waals surface area contributed by atoms with Crippen molar-refractivity contribution >= 4 is 29.5 Å². The molecule has 1 spiro atoms. The molecule has 6 atom stereocenters. The minimum atomic E-state index is -0.888. The Labute approximate surface area is 219 Å². The van der Waals surface area contributed by atoms with Gasteiger partial charge in [0, 0.05) is 17.3 Å². The van der Waals surface area contributed by atoms with Crippen molar-refractivity contribution in [2.24, 2.45) is 17.3 Å². The molecule has 1 N–H and O–H groups in total. The maximum atomic E-state index is 14.5. The number of aliphatic hydroxyl groups is 1. The van der Waals surface area contributed by atoms with Gasteiger partial charge in [-0.25, -0.2) is 0 Å². The molecule has 8 heteroatoms. The largest absolute Gasteiger partial charge is 0.465 e. The molecular weight excluding hydrogens is 476 g/mol. The summed E-state index contributed by atoms with van der Waals surface area (Å²) in [6, 6.07) is -1.28. The number of hydrogen-bond donors (Lipinski definition) is 1. The molecule has 2 saturated heterocycles. The third kappa shape index (κ3) is 4.53. The zero-order chi connectivity index (χ0) is 26.5. The van der Waals surface area contributed by atoms with Crippen LogP contribution < -0.4 is 0 Å². The van der Waals surface area contributed by atoms with Crippen LogP contribution in [0.1, 0.15) is 67.2 Å². The van der Waals surface area contributed by atoms with E-state index in [1.54, 1.807) is 16.7 Å². The number of nitrogens with zero attached hydrogens (tertiary/aromatic N) is 2. The highest BCUT2D eigenvalue weighted by Crippen LogP contribution is 2.61. The van der Waals surface area contributed by atoms with Crippen molar-refractivity contribution in [2.75, 3.05) is 19.8 Å². The summed E-state index contributed by atoms with van der Waals surface area (Å²) in [5, 5.41) is 10.0. The van der Waals surface area contributed by atoms with Crippen LogP contribution in [0, 0.1) is 17.3 Å². The molecule has 4 heterocycles. The predicted octanol–water partition coefficient (Wildman–Crippen LogP) is 3.56. The van der Waals surface area contributed by atoms with Crippen LogP contribution in [0.3, 0.4) is 0 Å². The molecule has 4 aliphatic rings. The molecule has 0 aromatic heterocycles. The average Bonchev–Trinajstić information content (AvgIpc) is 3.18. The number of allylic oxidation sites excluding steroid dienone is 1. The third-order valence-corrected chi connectivity index (χ3v) is 9.80. The molecule has 4 aliphatic heterocycles. The Morgan fingerprint density at radius 2 is 1.89 bits per heavy atom.